The van der Waals surface area contributed by atoms with Gasteiger partial charge >= 0.3 is 0 Å². The highest BCUT2D eigenvalue weighted by Gasteiger charge is 2.45. The van der Waals surface area contributed by atoms with E-state index < -0.39 is 5.66 Å². The SMILES string of the molecule is CC(=O)NC1(NC(C)=O)CC(c2ccccc2)N(C)C(c2ccccc2)C1. The minimum absolute atomic E-state index is 0.0591. The molecule has 1 aliphatic rings. The Balaban J connectivity index is 2.06. The molecule has 5 nitrogen and oxygen atoms in total. The van der Waals surface area contributed by atoms with E-state index in [4.69, 9.17) is 0 Å². The van der Waals surface area contributed by atoms with Gasteiger partial charge in [-0.1, -0.05) is 60.7 Å². The fourth-order valence-corrected chi connectivity index (χ4v) is 4.21. The number of rotatable bonds is 4. The van der Waals surface area contributed by atoms with Crippen LogP contribution in [0.15, 0.2) is 60.7 Å². The summed E-state index contributed by atoms with van der Waals surface area (Å²) in [4.78, 5) is 26.3. The second-order valence-corrected chi connectivity index (χ2v) is 7.37. The molecule has 2 aromatic rings. The average Bonchev–Trinajstić information content (AvgIpc) is 2.64. The summed E-state index contributed by atoms with van der Waals surface area (Å²) >= 11 is 0. The van der Waals surface area contributed by atoms with Gasteiger partial charge in [-0.15, -0.1) is 0 Å². The number of hydrogen-bond donors (Lipinski definition) is 2. The molecule has 1 fully saturated rings. The van der Waals surface area contributed by atoms with E-state index in [9.17, 15) is 9.59 Å². The summed E-state index contributed by atoms with van der Waals surface area (Å²) in [6, 6.07) is 20.6. The number of nitrogens with zero attached hydrogens (tertiary/aromatic N) is 1. The molecule has 27 heavy (non-hydrogen) atoms. The van der Waals surface area contributed by atoms with Crippen molar-refractivity contribution in [1.29, 1.82) is 0 Å². The molecule has 5 heteroatoms. The van der Waals surface area contributed by atoms with Crippen molar-refractivity contribution in [3.63, 3.8) is 0 Å². The standard InChI is InChI=1S/C22H27N3O2/c1-16(26)23-22(24-17(2)27)14-20(18-10-6-4-7-11-18)25(3)21(15-22)19-12-8-5-9-13-19/h4-13,20-21H,14-15H2,1-3H3,(H,23,26)(H,24,27). The van der Waals surface area contributed by atoms with E-state index in [1.807, 2.05) is 36.4 Å². The summed E-state index contributed by atoms with van der Waals surface area (Å²) in [6.45, 7) is 2.99. The Hall–Kier alpha value is -2.66. The number of carbonyl (C=O) groups excluding carboxylic acids is 2. The van der Waals surface area contributed by atoms with Gasteiger partial charge in [0.15, 0.2) is 0 Å². The molecule has 0 aromatic heterocycles. The van der Waals surface area contributed by atoms with Crippen LogP contribution in [0.4, 0.5) is 0 Å². The normalized spacial score (nSPS) is 22.0. The Morgan fingerprint density at radius 1 is 0.815 bits per heavy atom. The quantitative estimate of drug-likeness (QED) is 0.818. The molecule has 1 saturated heterocycles. The third kappa shape index (κ3) is 4.37. The van der Waals surface area contributed by atoms with Gasteiger partial charge in [-0.2, -0.15) is 0 Å². The van der Waals surface area contributed by atoms with E-state index in [1.165, 1.54) is 25.0 Å². The maximum atomic E-state index is 12.0. The van der Waals surface area contributed by atoms with Crippen LogP contribution in [-0.2, 0) is 9.59 Å². The lowest BCUT2D eigenvalue weighted by atomic mass is 9.80. The summed E-state index contributed by atoms with van der Waals surface area (Å²) < 4.78 is 0. The van der Waals surface area contributed by atoms with E-state index in [1.54, 1.807) is 0 Å². The predicted octanol–water partition coefficient (Wildman–Crippen LogP) is 3.16. The Morgan fingerprint density at radius 2 is 1.19 bits per heavy atom. The van der Waals surface area contributed by atoms with Gasteiger partial charge in [0.25, 0.3) is 0 Å². The monoisotopic (exact) mass is 365 g/mol. The first kappa shape index (κ1) is 19.1. The fourth-order valence-electron chi connectivity index (χ4n) is 4.21. The maximum Gasteiger partial charge on any atom is 0.218 e. The number of carbonyl (C=O) groups is 2. The van der Waals surface area contributed by atoms with Crippen LogP contribution in [0, 0.1) is 0 Å². The van der Waals surface area contributed by atoms with E-state index in [2.05, 4.69) is 46.8 Å². The van der Waals surface area contributed by atoms with Gasteiger partial charge in [0.05, 0.1) is 0 Å². The van der Waals surface area contributed by atoms with Gasteiger partial charge in [0, 0.05) is 38.8 Å². The van der Waals surface area contributed by atoms with Gasteiger partial charge in [0.1, 0.15) is 5.66 Å². The fraction of sp³-hybridized carbons (Fsp3) is 0.364. The van der Waals surface area contributed by atoms with Crippen molar-refractivity contribution in [2.45, 2.75) is 44.4 Å². The lowest BCUT2D eigenvalue weighted by Gasteiger charge is -2.50. The number of piperidine rings is 1. The topological polar surface area (TPSA) is 61.4 Å². The zero-order valence-corrected chi connectivity index (χ0v) is 16.1. The van der Waals surface area contributed by atoms with Crippen LogP contribution in [-0.4, -0.2) is 29.4 Å². The van der Waals surface area contributed by atoms with Crippen LogP contribution in [0.3, 0.4) is 0 Å². The lowest BCUT2D eigenvalue weighted by Crippen LogP contribution is -2.64. The first-order chi connectivity index (χ1) is 12.9. The summed E-state index contributed by atoms with van der Waals surface area (Å²) in [5, 5.41) is 6.10. The minimum Gasteiger partial charge on any atom is -0.333 e. The van der Waals surface area contributed by atoms with Crippen molar-refractivity contribution in [3.8, 4) is 0 Å². The number of hydrogen-bond acceptors (Lipinski definition) is 3. The van der Waals surface area contributed by atoms with Gasteiger partial charge in [-0.05, 0) is 18.2 Å². The molecule has 0 radical (unpaired) electrons. The van der Waals surface area contributed by atoms with Gasteiger partial charge in [0.2, 0.25) is 11.8 Å². The van der Waals surface area contributed by atoms with E-state index in [0.717, 1.165) is 0 Å². The first-order valence-electron chi connectivity index (χ1n) is 9.29. The van der Waals surface area contributed by atoms with E-state index >= 15 is 0 Å². The van der Waals surface area contributed by atoms with Crippen molar-refractivity contribution >= 4 is 11.8 Å². The Kier molecular flexibility index (Phi) is 5.61. The minimum atomic E-state index is -0.787. The molecule has 0 spiro atoms. The van der Waals surface area contributed by atoms with Crippen molar-refractivity contribution in [2.75, 3.05) is 7.05 Å². The summed E-state index contributed by atoms with van der Waals surface area (Å²) in [5.74, 6) is -0.293. The molecule has 2 amide bonds. The summed E-state index contributed by atoms with van der Waals surface area (Å²) in [7, 11) is 2.11. The molecule has 0 aliphatic carbocycles. The average molecular weight is 365 g/mol. The Bertz CT molecular complexity index is 724. The summed E-state index contributed by atoms with van der Waals surface area (Å²) in [6.07, 6.45) is 1.21. The molecular weight excluding hydrogens is 338 g/mol. The second-order valence-electron chi connectivity index (χ2n) is 7.37. The number of nitrogens with one attached hydrogen (secondary N) is 2. The van der Waals surface area contributed by atoms with E-state index in [-0.39, 0.29) is 23.9 Å². The molecule has 2 unspecified atom stereocenters. The van der Waals surface area contributed by atoms with Crippen molar-refractivity contribution in [3.05, 3.63) is 71.8 Å². The molecule has 2 aromatic carbocycles. The largest absolute Gasteiger partial charge is 0.333 e. The highest BCUT2D eigenvalue weighted by molar-refractivity contribution is 5.77. The van der Waals surface area contributed by atoms with Crippen LogP contribution in [0.1, 0.15) is 49.9 Å². The van der Waals surface area contributed by atoms with Crippen LogP contribution in [0.2, 0.25) is 0 Å². The molecule has 2 N–H and O–H groups in total. The molecule has 3 rings (SSSR count). The third-order valence-corrected chi connectivity index (χ3v) is 5.27. The zero-order chi connectivity index (χ0) is 19.4. The van der Waals surface area contributed by atoms with Crippen molar-refractivity contribution < 1.29 is 9.59 Å². The highest BCUT2D eigenvalue weighted by atomic mass is 16.2. The smallest absolute Gasteiger partial charge is 0.218 e. The van der Waals surface area contributed by atoms with Crippen LogP contribution < -0.4 is 10.6 Å². The molecular formula is C22H27N3O2. The predicted molar refractivity (Wildman–Crippen MR) is 106 cm³/mol. The van der Waals surface area contributed by atoms with Gasteiger partial charge in [-0.25, -0.2) is 0 Å². The Labute approximate surface area is 160 Å². The first-order valence-corrected chi connectivity index (χ1v) is 9.29. The van der Waals surface area contributed by atoms with Gasteiger partial charge < -0.3 is 10.6 Å². The maximum absolute atomic E-state index is 12.0. The van der Waals surface area contributed by atoms with Crippen molar-refractivity contribution in [2.24, 2.45) is 0 Å². The third-order valence-electron chi connectivity index (χ3n) is 5.27. The number of amides is 2. The highest BCUT2D eigenvalue weighted by Crippen LogP contribution is 2.44. The summed E-state index contributed by atoms with van der Waals surface area (Å²) in [5.41, 5.74) is 1.55. The van der Waals surface area contributed by atoms with Gasteiger partial charge in [-0.3, -0.25) is 14.5 Å². The molecule has 142 valence electrons. The van der Waals surface area contributed by atoms with Crippen LogP contribution in [0.5, 0.6) is 0 Å². The van der Waals surface area contributed by atoms with Crippen LogP contribution in [0.25, 0.3) is 0 Å². The molecule has 1 aliphatic heterocycles. The Morgan fingerprint density at radius 3 is 1.52 bits per heavy atom. The zero-order valence-electron chi connectivity index (χ0n) is 16.1. The second kappa shape index (κ2) is 7.92. The lowest BCUT2D eigenvalue weighted by molar-refractivity contribution is -0.127. The van der Waals surface area contributed by atoms with Crippen LogP contribution >= 0.6 is 0 Å². The van der Waals surface area contributed by atoms with E-state index in [0.29, 0.717) is 12.8 Å². The molecule has 0 saturated carbocycles. The number of likely N-dealkylation sites (tertiary alicyclic amines) is 1. The van der Waals surface area contributed by atoms with Crippen molar-refractivity contribution in [1.82, 2.24) is 15.5 Å². The molecule has 0 bridgehead atoms. The molecule has 2 atom stereocenters. The molecule has 1 heterocycles. The number of benzene rings is 2.